The van der Waals surface area contributed by atoms with Gasteiger partial charge < -0.3 is 4.74 Å². The monoisotopic (exact) mass is 269 g/mol. The molecular weight excluding hydrogens is 258 g/mol. The molecule has 1 aromatic carbocycles. The van der Waals surface area contributed by atoms with Gasteiger partial charge in [0.1, 0.15) is 5.75 Å². The van der Waals surface area contributed by atoms with Gasteiger partial charge in [-0.3, -0.25) is 0 Å². The number of methoxy groups -OCH3 is 1. The zero-order chi connectivity index (χ0) is 11.5. The van der Waals surface area contributed by atoms with Gasteiger partial charge in [0.25, 0.3) is 0 Å². The summed E-state index contributed by atoms with van der Waals surface area (Å²) in [5, 5.41) is 0. The number of ether oxygens (including phenoxy) is 1. The molecule has 0 radical (unpaired) electrons. The standard InChI is InChI=1S/C11H12BrNO2/c1-11(2,13-7-14)8-4-5-9(12)10(6-8)15-3/h4-6H,1-3H3. The van der Waals surface area contributed by atoms with Crippen molar-refractivity contribution in [3.8, 4) is 5.75 Å². The number of benzene rings is 1. The van der Waals surface area contributed by atoms with E-state index in [1.807, 2.05) is 32.0 Å². The number of rotatable bonds is 3. The molecule has 0 aliphatic heterocycles. The van der Waals surface area contributed by atoms with Crippen molar-refractivity contribution in [3.05, 3.63) is 28.2 Å². The molecule has 0 N–H and O–H groups in total. The summed E-state index contributed by atoms with van der Waals surface area (Å²) in [5.41, 5.74) is 0.335. The maximum Gasteiger partial charge on any atom is 0.235 e. The van der Waals surface area contributed by atoms with Crippen LogP contribution in [0.3, 0.4) is 0 Å². The fraction of sp³-hybridized carbons (Fsp3) is 0.364. The van der Waals surface area contributed by atoms with Crippen LogP contribution in [0.1, 0.15) is 19.4 Å². The van der Waals surface area contributed by atoms with Crippen LogP contribution in [-0.2, 0) is 10.3 Å². The Labute approximate surface area is 97.3 Å². The second-order valence-electron chi connectivity index (χ2n) is 3.61. The number of carbonyl (C=O) groups excluding carboxylic acids is 1. The van der Waals surface area contributed by atoms with E-state index in [1.165, 1.54) is 0 Å². The van der Waals surface area contributed by atoms with Gasteiger partial charge in [-0.15, -0.1) is 0 Å². The third-order valence-corrected chi connectivity index (χ3v) is 2.84. The number of aliphatic imine (C=N–C) groups is 1. The third kappa shape index (κ3) is 2.67. The van der Waals surface area contributed by atoms with Crippen LogP contribution in [-0.4, -0.2) is 13.2 Å². The lowest BCUT2D eigenvalue weighted by Gasteiger charge is -2.18. The molecule has 0 unspecified atom stereocenters. The Hall–Kier alpha value is -1.12. The molecule has 1 rings (SSSR count). The van der Waals surface area contributed by atoms with Crippen LogP contribution in [0.15, 0.2) is 27.7 Å². The SMILES string of the molecule is COc1cc(C(C)(C)N=C=O)ccc1Br. The lowest BCUT2D eigenvalue weighted by molar-refractivity contribution is 0.409. The molecule has 4 heteroatoms. The number of isocyanates is 1. The molecule has 0 fully saturated rings. The van der Waals surface area contributed by atoms with Gasteiger partial charge >= 0.3 is 0 Å². The van der Waals surface area contributed by atoms with E-state index in [1.54, 1.807) is 13.2 Å². The summed E-state index contributed by atoms with van der Waals surface area (Å²) in [4.78, 5) is 14.0. The van der Waals surface area contributed by atoms with Crippen LogP contribution in [0.5, 0.6) is 5.75 Å². The fourth-order valence-electron chi connectivity index (χ4n) is 1.22. The number of hydrogen-bond donors (Lipinski definition) is 0. The Bertz CT molecular complexity index is 409. The number of hydrogen-bond acceptors (Lipinski definition) is 3. The zero-order valence-electron chi connectivity index (χ0n) is 8.87. The highest BCUT2D eigenvalue weighted by atomic mass is 79.9. The molecule has 3 nitrogen and oxygen atoms in total. The van der Waals surface area contributed by atoms with Crippen molar-refractivity contribution >= 4 is 22.0 Å². The molecular formula is C11H12BrNO2. The van der Waals surface area contributed by atoms with Gasteiger partial charge in [0.2, 0.25) is 6.08 Å². The predicted octanol–water partition coefficient (Wildman–Crippen LogP) is 3.03. The van der Waals surface area contributed by atoms with Crippen LogP contribution in [0.25, 0.3) is 0 Å². The van der Waals surface area contributed by atoms with Gasteiger partial charge in [0.15, 0.2) is 0 Å². The first kappa shape index (κ1) is 12.0. The molecule has 0 atom stereocenters. The van der Waals surface area contributed by atoms with Crippen molar-refractivity contribution in [2.24, 2.45) is 4.99 Å². The first-order chi connectivity index (χ1) is 7.01. The molecule has 0 bridgehead atoms. The van der Waals surface area contributed by atoms with E-state index in [0.29, 0.717) is 0 Å². The Balaban J connectivity index is 3.21. The number of nitrogens with zero attached hydrogens (tertiary/aromatic N) is 1. The van der Waals surface area contributed by atoms with E-state index in [0.717, 1.165) is 15.8 Å². The Morgan fingerprint density at radius 2 is 2.13 bits per heavy atom. The van der Waals surface area contributed by atoms with Gasteiger partial charge in [0, 0.05) is 0 Å². The molecule has 15 heavy (non-hydrogen) atoms. The molecule has 0 aliphatic rings. The molecule has 0 heterocycles. The van der Waals surface area contributed by atoms with Gasteiger partial charge in [0.05, 0.1) is 17.1 Å². The van der Waals surface area contributed by atoms with Crippen LogP contribution in [0, 0.1) is 0 Å². The van der Waals surface area contributed by atoms with Crippen LogP contribution >= 0.6 is 15.9 Å². The van der Waals surface area contributed by atoms with Gasteiger partial charge in [-0.05, 0) is 47.5 Å². The first-order valence-electron chi connectivity index (χ1n) is 4.44. The van der Waals surface area contributed by atoms with E-state index in [2.05, 4.69) is 20.9 Å². The predicted molar refractivity (Wildman–Crippen MR) is 61.8 cm³/mol. The minimum Gasteiger partial charge on any atom is -0.496 e. The topological polar surface area (TPSA) is 38.7 Å². The van der Waals surface area contributed by atoms with E-state index in [9.17, 15) is 4.79 Å². The van der Waals surface area contributed by atoms with Crippen molar-refractivity contribution in [2.75, 3.05) is 7.11 Å². The minimum atomic E-state index is -0.574. The van der Waals surface area contributed by atoms with E-state index in [-0.39, 0.29) is 0 Å². The van der Waals surface area contributed by atoms with E-state index in [4.69, 9.17) is 4.74 Å². The smallest absolute Gasteiger partial charge is 0.235 e. The zero-order valence-corrected chi connectivity index (χ0v) is 10.5. The molecule has 0 aromatic heterocycles. The Morgan fingerprint density at radius 3 is 2.67 bits per heavy atom. The summed E-state index contributed by atoms with van der Waals surface area (Å²) in [6.07, 6.45) is 1.58. The number of halogens is 1. The van der Waals surface area contributed by atoms with Crippen LogP contribution < -0.4 is 4.74 Å². The highest BCUT2D eigenvalue weighted by Crippen LogP contribution is 2.32. The van der Waals surface area contributed by atoms with Crippen LogP contribution in [0.4, 0.5) is 0 Å². The summed E-state index contributed by atoms with van der Waals surface area (Å²) >= 11 is 3.36. The highest BCUT2D eigenvalue weighted by Gasteiger charge is 2.20. The van der Waals surface area contributed by atoms with Gasteiger partial charge in [-0.2, -0.15) is 4.99 Å². The Kier molecular flexibility index (Phi) is 3.66. The molecule has 0 saturated carbocycles. The quantitative estimate of drug-likeness (QED) is 0.625. The lowest BCUT2D eigenvalue weighted by atomic mass is 9.95. The molecule has 1 aromatic rings. The second kappa shape index (κ2) is 4.60. The lowest BCUT2D eigenvalue weighted by Crippen LogP contribution is -2.13. The Morgan fingerprint density at radius 1 is 1.47 bits per heavy atom. The maximum absolute atomic E-state index is 10.3. The van der Waals surface area contributed by atoms with Crippen LogP contribution in [0.2, 0.25) is 0 Å². The summed E-state index contributed by atoms with van der Waals surface area (Å²) < 4.78 is 6.05. The third-order valence-electron chi connectivity index (χ3n) is 2.18. The summed E-state index contributed by atoms with van der Waals surface area (Å²) in [7, 11) is 1.60. The molecule has 0 amide bonds. The summed E-state index contributed by atoms with van der Waals surface area (Å²) in [6, 6.07) is 5.62. The fourth-order valence-corrected chi connectivity index (χ4v) is 1.63. The van der Waals surface area contributed by atoms with Crippen molar-refractivity contribution in [3.63, 3.8) is 0 Å². The minimum absolute atomic E-state index is 0.574. The second-order valence-corrected chi connectivity index (χ2v) is 4.47. The highest BCUT2D eigenvalue weighted by molar-refractivity contribution is 9.10. The van der Waals surface area contributed by atoms with Crippen molar-refractivity contribution in [1.29, 1.82) is 0 Å². The molecule has 0 aliphatic carbocycles. The van der Waals surface area contributed by atoms with Crippen molar-refractivity contribution in [2.45, 2.75) is 19.4 Å². The van der Waals surface area contributed by atoms with Crippen molar-refractivity contribution in [1.82, 2.24) is 0 Å². The first-order valence-corrected chi connectivity index (χ1v) is 5.23. The maximum atomic E-state index is 10.3. The van der Waals surface area contributed by atoms with Gasteiger partial charge in [-0.25, -0.2) is 4.79 Å². The van der Waals surface area contributed by atoms with Crippen molar-refractivity contribution < 1.29 is 9.53 Å². The molecule has 0 saturated heterocycles. The normalized spacial score (nSPS) is 10.7. The molecule has 80 valence electrons. The summed E-state index contributed by atoms with van der Waals surface area (Å²) in [5.74, 6) is 0.724. The van der Waals surface area contributed by atoms with E-state index < -0.39 is 5.54 Å². The average Bonchev–Trinajstić information content (AvgIpc) is 2.18. The largest absolute Gasteiger partial charge is 0.496 e. The summed E-state index contributed by atoms with van der Waals surface area (Å²) in [6.45, 7) is 3.70. The molecule has 0 spiro atoms. The van der Waals surface area contributed by atoms with E-state index >= 15 is 0 Å². The van der Waals surface area contributed by atoms with Gasteiger partial charge in [-0.1, -0.05) is 6.07 Å². The average molecular weight is 270 g/mol.